The van der Waals surface area contributed by atoms with Crippen molar-refractivity contribution in [2.75, 3.05) is 46.4 Å². The first kappa shape index (κ1) is 28.7. The largest absolute Gasteiger partial charge is 0.503 e. The van der Waals surface area contributed by atoms with Gasteiger partial charge >= 0.3 is 0 Å². The average Bonchev–Trinajstić information content (AvgIpc) is 2.99. The Kier molecular flexibility index (Phi) is 7.73. The predicted molar refractivity (Wildman–Crippen MR) is 157 cm³/mol. The second-order valence-electron chi connectivity index (χ2n) is 11.6. The van der Waals surface area contributed by atoms with Gasteiger partial charge in [0.05, 0.1) is 17.7 Å². The normalized spacial score (nSPS) is 21.7. The molecule has 2 bridgehead atoms. The van der Waals surface area contributed by atoms with Gasteiger partial charge in [-0.2, -0.15) is 4.31 Å². The number of aromatic hydroxyl groups is 1. The van der Waals surface area contributed by atoms with Gasteiger partial charge in [0.2, 0.25) is 15.5 Å². The SMILES string of the molecule is COc1ccc(S(=O)(=O)N2CCN(Cc3c(O)c(=O)cc(CN4CC5CC(C4)c4cccc(=O)n4C5)n3C)CC2)cc1. The molecule has 0 amide bonds. The number of likely N-dealkylation sites (tertiary alicyclic amines) is 1. The summed E-state index contributed by atoms with van der Waals surface area (Å²) in [5.74, 6) is 0.969. The van der Waals surface area contributed by atoms with Crippen molar-refractivity contribution in [1.82, 2.24) is 23.2 Å². The summed E-state index contributed by atoms with van der Waals surface area (Å²) in [6.07, 6.45) is 1.06. The average molecular weight is 596 g/mol. The van der Waals surface area contributed by atoms with E-state index >= 15 is 0 Å². The van der Waals surface area contributed by atoms with E-state index in [4.69, 9.17) is 4.74 Å². The summed E-state index contributed by atoms with van der Waals surface area (Å²) in [5.41, 5.74) is 2.07. The molecule has 0 spiro atoms. The lowest BCUT2D eigenvalue weighted by molar-refractivity contribution is 0.112. The minimum absolute atomic E-state index is 0.0559. The number of hydrogen-bond donors (Lipinski definition) is 1. The molecule has 2 aromatic heterocycles. The van der Waals surface area contributed by atoms with Gasteiger partial charge in [0.1, 0.15) is 5.75 Å². The van der Waals surface area contributed by atoms with E-state index in [1.165, 1.54) is 17.5 Å². The van der Waals surface area contributed by atoms with Crippen LogP contribution >= 0.6 is 0 Å². The third kappa shape index (κ3) is 5.39. The third-order valence-electron chi connectivity index (χ3n) is 8.98. The van der Waals surface area contributed by atoms with Crippen molar-refractivity contribution in [2.45, 2.75) is 36.9 Å². The summed E-state index contributed by atoms with van der Waals surface area (Å²) in [6.45, 7) is 4.82. The molecule has 1 N–H and O–H groups in total. The van der Waals surface area contributed by atoms with Gasteiger partial charge in [-0.3, -0.25) is 19.4 Å². The molecular weight excluding hydrogens is 558 g/mol. The fourth-order valence-corrected chi connectivity index (χ4v) is 8.14. The molecule has 2 atom stereocenters. The number of rotatable bonds is 7. The van der Waals surface area contributed by atoms with E-state index in [0.717, 1.165) is 30.9 Å². The second-order valence-corrected chi connectivity index (χ2v) is 13.5. The summed E-state index contributed by atoms with van der Waals surface area (Å²) in [5, 5.41) is 10.8. The zero-order chi connectivity index (χ0) is 29.6. The second kappa shape index (κ2) is 11.3. The van der Waals surface area contributed by atoms with Gasteiger partial charge in [-0.05, 0) is 42.7 Å². The number of piperazine rings is 1. The number of aromatic nitrogens is 2. The van der Waals surface area contributed by atoms with E-state index in [-0.39, 0.29) is 22.1 Å². The van der Waals surface area contributed by atoms with Crippen molar-refractivity contribution in [3.63, 3.8) is 0 Å². The summed E-state index contributed by atoms with van der Waals surface area (Å²) in [6, 6.07) is 13.4. The van der Waals surface area contributed by atoms with Crippen molar-refractivity contribution in [3.05, 3.63) is 86.2 Å². The van der Waals surface area contributed by atoms with Crippen molar-refractivity contribution < 1.29 is 18.3 Å². The number of methoxy groups -OCH3 is 1. The molecule has 2 unspecified atom stereocenters. The molecule has 0 saturated carbocycles. The van der Waals surface area contributed by atoms with E-state index in [1.54, 1.807) is 30.3 Å². The summed E-state index contributed by atoms with van der Waals surface area (Å²) >= 11 is 0. The van der Waals surface area contributed by atoms with Crippen LogP contribution in [0.4, 0.5) is 0 Å². The fourth-order valence-electron chi connectivity index (χ4n) is 6.71. The molecule has 3 aliphatic heterocycles. The predicted octanol–water partition coefficient (Wildman–Crippen LogP) is 1.39. The highest BCUT2D eigenvalue weighted by Crippen LogP contribution is 2.35. The Morgan fingerprint density at radius 2 is 1.67 bits per heavy atom. The van der Waals surface area contributed by atoms with Gasteiger partial charge in [-0.1, -0.05) is 6.07 Å². The molecule has 3 aromatic rings. The van der Waals surface area contributed by atoms with Gasteiger partial charge in [-0.25, -0.2) is 8.42 Å². The van der Waals surface area contributed by atoms with Crippen LogP contribution in [-0.4, -0.2) is 83.1 Å². The maximum absolute atomic E-state index is 13.2. The Hall–Kier alpha value is -3.45. The highest BCUT2D eigenvalue weighted by atomic mass is 32.2. The van der Waals surface area contributed by atoms with Crippen LogP contribution in [0.15, 0.2) is 63.0 Å². The van der Waals surface area contributed by atoms with E-state index in [2.05, 4.69) is 9.80 Å². The lowest BCUT2D eigenvalue weighted by Gasteiger charge is -2.43. The van der Waals surface area contributed by atoms with Crippen LogP contribution in [-0.2, 0) is 36.7 Å². The highest BCUT2D eigenvalue weighted by Gasteiger charge is 2.35. The maximum Gasteiger partial charge on any atom is 0.250 e. The number of benzene rings is 1. The summed E-state index contributed by atoms with van der Waals surface area (Å²) in [7, 11) is -0.230. The minimum Gasteiger partial charge on any atom is -0.503 e. The number of fused-ring (bicyclic) bond motifs is 4. The molecule has 224 valence electrons. The molecule has 2 saturated heterocycles. The third-order valence-corrected chi connectivity index (χ3v) is 10.9. The number of hydrogen-bond acceptors (Lipinski definition) is 8. The van der Waals surface area contributed by atoms with Crippen LogP contribution in [0.1, 0.15) is 29.4 Å². The molecule has 6 rings (SSSR count). The highest BCUT2D eigenvalue weighted by molar-refractivity contribution is 7.89. The minimum atomic E-state index is -3.63. The Morgan fingerprint density at radius 3 is 2.38 bits per heavy atom. The number of pyridine rings is 2. The molecule has 5 heterocycles. The van der Waals surface area contributed by atoms with Crippen molar-refractivity contribution in [3.8, 4) is 11.5 Å². The monoisotopic (exact) mass is 595 g/mol. The Bertz CT molecular complexity index is 1690. The fraction of sp³-hybridized carbons (Fsp3) is 0.467. The van der Waals surface area contributed by atoms with Crippen LogP contribution in [0.3, 0.4) is 0 Å². The number of piperidine rings is 1. The molecule has 12 heteroatoms. The van der Waals surface area contributed by atoms with E-state index < -0.39 is 15.5 Å². The molecular formula is C30H37N5O6S. The molecule has 0 radical (unpaired) electrons. The molecule has 2 fully saturated rings. The Balaban J connectivity index is 1.14. The quantitative estimate of drug-likeness (QED) is 0.436. The molecule has 11 nitrogen and oxygen atoms in total. The smallest absolute Gasteiger partial charge is 0.250 e. The van der Waals surface area contributed by atoms with E-state index in [0.29, 0.717) is 63.2 Å². The van der Waals surface area contributed by atoms with Gasteiger partial charge in [0.15, 0.2) is 5.75 Å². The van der Waals surface area contributed by atoms with Crippen LogP contribution in [0.2, 0.25) is 0 Å². The first-order chi connectivity index (χ1) is 20.1. The first-order valence-corrected chi connectivity index (χ1v) is 15.8. The van der Waals surface area contributed by atoms with Crippen molar-refractivity contribution >= 4 is 10.0 Å². The van der Waals surface area contributed by atoms with Gasteiger partial charge in [0, 0.05) is 95.4 Å². The zero-order valence-electron chi connectivity index (χ0n) is 24.0. The van der Waals surface area contributed by atoms with Crippen molar-refractivity contribution in [2.24, 2.45) is 13.0 Å². The Labute approximate surface area is 245 Å². The lowest BCUT2D eigenvalue weighted by atomic mass is 9.83. The van der Waals surface area contributed by atoms with Crippen LogP contribution in [0.25, 0.3) is 0 Å². The Morgan fingerprint density at radius 1 is 0.929 bits per heavy atom. The molecule has 0 aliphatic carbocycles. The maximum atomic E-state index is 13.2. The number of ether oxygens (including phenoxy) is 1. The molecule has 42 heavy (non-hydrogen) atoms. The van der Waals surface area contributed by atoms with Gasteiger partial charge < -0.3 is 19.0 Å². The summed E-state index contributed by atoms with van der Waals surface area (Å²) in [4.78, 5) is 29.9. The molecule has 3 aliphatic rings. The molecule has 1 aromatic carbocycles. The number of sulfonamides is 1. The van der Waals surface area contributed by atoms with Gasteiger partial charge in [0.25, 0.3) is 5.56 Å². The van der Waals surface area contributed by atoms with E-state index in [9.17, 15) is 23.1 Å². The summed E-state index contributed by atoms with van der Waals surface area (Å²) < 4.78 is 36.7. The lowest BCUT2D eigenvalue weighted by Crippen LogP contribution is -2.48. The van der Waals surface area contributed by atoms with Crippen LogP contribution in [0.5, 0.6) is 11.5 Å². The van der Waals surface area contributed by atoms with Gasteiger partial charge in [-0.15, -0.1) is 0 Å². The van der Waals surface area contributed by atoms with Crippen LogP contribution in [0, 0.1) is 5.92 Å². The topological polar surface area (TPSA) is 117 Å². The standard InChI is InChI=1S/C30H37N5O6S/c1-31-23(19-33-16-21-14-22(18-33)26-4-3-5-29(37)35(26)17-21)15-28(36)30(38)27(31)20-32-10-12-34(13-11-32)42(39,40)25-8-6-24(41-2)7-9-25/h3-9,15,21-22,38H,10-14,16-20H2,1-2H3. The van der Waals surface area contributed by atoms with Crippen molar-refractivity contribution in [1.29, 1.82) is 0 Å². The van der Waals surface area contributed by atoms with Crippen LogP contribution < -0.4 is 15.7 Å². The number of nitrogens with zero attached hydrogens (tertiary/aromatic N) is 5. The zero-order valence-corrected chi connectivity index (χ0v) is 24.8. The van der Waals surface area contributed by atoms with E-state index in [1.807, 2.05) is 28.3 Å². The first-order valence-electron chi connectivity index (χ1n) is 14.3.